The van der Waals surface area contributed by atoms with E-state index in [0.717, 1.165) is 28.6 Å². The van der Waals surface area contributed by atoms with Crippen LogP contribution in [0.4, 0.5) is 5.69 Å². The molecule has 1 aliphatic heterocycles. The Labute approximate surface area is 130 Å². The van der Waals surface area contributed by atoms with Crippen molar-refractivity contribution < 1.29 is 4.79 Å². The first kappa shape index (κ1) is 15.6. The number of benzene rings is 1. The number of amides is 1. The van der Waals surface area contributed by atoms with Gasteiger partial charge >= 0.3 is 0 Å². The second kappa shape index (κ2) is 7.82. The largest absolute Gasteiger partial charge is 0.325 e. The molecular formula is C17H24BrNO. The monoisotopic (exact) mass is 337 g/mol. The third-order valence-corrected chi connectivity index (χ3v) is 4.55. The number of anilines is 1. The zero-order chi connectivity index (χ0) is 14.4. The molecule has 1 aromatic rings. The van der Waals surface area contributed by atoms with Crippen LogP contribution < -0.4 is 5.32 Å². The molecule has 0 radical (unpaired) electrons. The van der Waals surface area contributed by atoms with Crippen LogP contribution in [0.15, 0.2) is 22.7 Å². The van der Waals surface area contributed by atoms with E-state index in [1.54, 1.807) is 0 Å². The van der Waals surface area contributed by atoms with Crippen molar-refractivity contribution in [1.82, 2.24) is 0 Å². The highest BCUT2D eigenvalue weighted by molar-refractivity contribution is 9.10. The summed E-state index contributed by atoms with van der Waals surface area (Å²) in [4.78, 5) is 12.0. The van der Waals surface area contributed by atoms with E-state index in [2.05, 4.69) is 34.2 Å². The van der Waals surface area contributed by atoms with Gasteiger partial charge in [0.05, 0.1) is 5.92 Å². The van der Waals surface area contributed by atoms with Gasteiger partial charge in [0, 0.05) is 10.2 Å². The van der Waals surface area contributed by atoms with Gasteiger partial charge in [-0.15, -0.1) is 0 Å². The maximum Gasteiger partial charge on any atom is 0.232 e. The van der Waals surface area contributed by atoms with Crippen LogP contribution in [-0.2, 0) is 4.79 Å². The van der Waals surface area contributed by atoms with Gasteiger partial charge < -0.3 is 5.32 Å². The molecule has 0 aromatic heterocycles. The van der Waals surface area contributed by atoms with Gasteiger partial charge in [-0.2, -0.15) is 0 Å². The minimum atomic E-state index is 0.0538. The van der Waals surface area contributed by atoms with Crippen LogP contribution in [0, 0.1) is 0 Å². The molecule has 1 heterocycles. The Bertz CT molecular complexity index is 458. The molecule has 0 spiro atoms. The van der Waals surface area contributed by atoms with Crippen molar-refractivity contribution in [3.05, 3.63) is 28.2 Å². The fraction of sp³-hybridized carbons (Fsp3) is 0.588. The van der Waals surface area contributed by atoms with Crippen LogP contribution >= 0.6 is 15.9 Å². The zero-order valence-corrected chi connectivity index (χ0v) is 13.8. The smallest absolute Gasteiger partial charge is 0.232 e. The number of unbranched alkanes of at least 4 members (excludes halogenated alkanes) is 6. The highest BCUT2D eigenvalue weighted by Gasteiger charge is 2.29. The number of fused-ring (bicyclic) bond motifs is 1. The Morgan fingerprint density at radius 1 is 1.10 bits per heavy atom. The highest BCUT2D eigenvalue weighted by Crippen LogP contribution is 2.37. The van der Waals surface area contributed by atoms with Crippen LogP contribution in [0.2, 0.25) is 0 Å². The SMILES string of the molecule is CCCCCCCCCC1C(=O)Nc2ccc(Br)cc21. The minimum absolute atomic E-state index is 0.0538. The van der Waals surface area contributed by atoms with Crippen molar-refractivity contribution in [2.75, 3.05) is 5.32 Å². The number of hydrogen-bond donors (Lipinski definition) is 1. The first-order valence-electron chi connectivity index (χ1n) is 7.82. The molecule has 2 nitrogen and oxygen atoms in total. The number of nitrogens with one attached hydrogen (secondary N) is 1. The quantitative estimate of drug-likeness (QED) is 0.612. The Morgan fingerprint density at radius 2 is 1.80 bits per heavy atom. The lowest BCUT2D eigenvalue weighted by Gasteiger charge is -2.09. The number of halogens is 1. The number of carbonyl (C=O) groups is 1. The number of rotatable bonds is 8. The van der Waals surface area contributed by atoms with Gasteiger partial charge in [0.25, 0.3) is 0 Å². The summed E-state index contributed by atoms with van der Waals surface area (Å²) in [6, 6.07) is 6.05. The molecule has 1 aliphatic rings. The van der Waals surface area contributed by atoms with E-state index >= 15 is 0 Å². The molecule has 1 N–H and O–H groups in total. The van der Waals surface area contributed by atoms with E-state index in [0.29, 0.717) is 0 Å². The second-order valence-electron chi connectivity index (χ2n) is 5.68. The standard InChI is InChI=1S/C17H24BrNO/c1-2-3-4-5-6-7-8-9-14-15-12-13(18)10-11-16(15)19-17(14)20/h10-12,14H,2-9H2,1H3,(H,19,20). The van der Waals surface area contributed by atoms with Crippen molar-refractivity contribution in [3.63, 3.8) is 0 Å². The summed E-state index contributed by atoms with van der Waals surface area (Å²) >= 11 is 3.49. The number of carbonyl (C=O) groups excluding carboxylic acids is 1. The fourth-order valence-electron chi connectivity index (χ4n) is 2.89. The van der Waals surface area contributed by atoms with Gasteiger partial charge in [-0.1, -0.05) is 67.8 Å². The van der Waals surface area contributed by atoms with E-state index in [9.17, 15) is 4.79 Å². The molecule has 0 aliphatic carbocycles. The Balaban J connectivity index is 1.76. The molecule has 110 valence electrons. The topological polar surface area (TPSA) is 29.1 Å². The minimum Gasteiger partial charge on any atom is -0.325 e. The summed E-state index contributed by atoms with van der Waals surface area (Å²) in [5, 5.41) is 2.98. The Morgan fingerprint density at radius 3 is 2.55 bits per heavy atom. The molecule has 1 amide bonds. The van der Waals surface area contributed by atoms with Gasteiger partial charge in [-0.05, 0) is 30.2 Å². The maximum atomic E-state index is 12.0. The van der Waals surface area contributed by atoms with Gasteiger partial charge in [0.15, 0.2) is 0 Å². The molecule has 1 atom stereocenters. The number of hydrogen-bond acceptors (Lipinski definition) is 1. The van der Waals surface area contributed by atoms with Crippen molar-refractivity contribution in [2.45, 2.75) is 64.2 Å². The Kier molecular flexibility index (Phi) is 6.08. The summed E-state index contributed by atoms with van der Waals surface area (Å²) in [6.45, 7) is 2.24. The van der Waals surface area contributed by atoms with E-state index in [4.69, 9.17) is 0 Å². The fourth-order valence-corrected chi connectivity index (χ4v) is 3.27. The third-order valence-electron chi connectivity index (χ3n) is 4.06. The van der Waals surface area contributed by atoms with Crippen LogP contribution in [-0.4, -0.2) is 5.91 Å². The second-order valence-corrected chi connectivity index (χ2v) is 6.60. The van der Waals surface area contributed by atoms with Crippen molar-refractivity contribution in [2.24, 2.45) is 0 Å². The van der Waals surface area contributed by atoms with Crippen LogP contribution in [0.3, 0.4) is 0 Å². The maximum absolute atomic E-state index is 12.0. The third kappa shape index (κ3) is 4.08. The van der Waals surface area contributed by atoms with E-state index in [1.165, 1.54) is 38.5 Å². The van der Waals surface area contributed by atoms with Crippen LogP contribution in [0.25, 0.3) is 0 Å². The summed E-state index contributed by atoms with van der Waals surface area (Å²) in [5.74, 6) is 0.224. The van der Waals surface area contributed by atoms with Gasteiger partial charge in [-0.25, -0.2) is 0 Å². The van der Waals surface area contributed by atoms with E-state index in [-0.39, 0.29) is 11.8 Å². The Hall–Kier alpha value is -0.830. The molecule has 0 bridgehead atoms. The highest BCUT2D eigenvalue weighted by atomic mass is 79.9. The molecule has 0 fully saturated rings. The first-order valence-corrected chi connectivity index (χ1v) is 8.62. The lowest BCUT2D eigenvalue weighted by Crippen LogP contribution is -2.11. The molecular weight excluding hydrogens is 314 g/mol. The molecule has 1 aromatic carbocycles. The molecule has 2 rings (SSSR count). The van der Waals surface area contributed by atoms with Crippen LogP contribution in [0.5, 0.6) is 0 Å². The first-order chi connectivity index (χ1) is 9.72. The molecule has 3 heteroatoms. The summed E-state index contributed by atoms with van der Waals surface area (Å²) in [6.07, 6.45) is 10.0. The molecule has 1 unspecified atom stereocenters. The lowest BCUT2D eigenvalue weighted by molar-refractivity contribution is -0.117. The lowest BCUT2D eigenvalue weighted by atomic mass is 9.94. The van der Waals surface area contributed by atoms with Crippen molar-refractivity contribution >= 4 is 27.5 Å². The van der Waals surface area contributed by atoms with Gasteiger partial charge in [0.2, 0.25) is 5.91 Å². The summed E-state index contributed by atoms with van der Waals surface area (Å²) in [7, 11) is 0. The summed E-state index contributed by atoms with van der Waals surface area (Å²) in [5.41, 5.74) is 2.15. The van der Waals surface area contributed by atoms with Crippen molar-refractivity contribution in [1.29, 1.82) is 0 Å². The normalized spacial score (nSPS) is 17.1. The summed E-state index contributed by atoms with van der Waals surface area (Å²) < 4.78 is 1.05. The van der Waals surface area contributed by atoms with E-state index < -0.39 is 0 Å². The molecule has 0 saturated carbocycles. The predicted octanol–water partition coefficient (Wildman–Crippen LogP) is 5.63. The van der Waals surface area contributed by atoms with Crippen LogP contribution in [0.1, 0.15) is 69.8 Å². The van der Waals surface area contributed by atoms with Crippen molar-refractivity contribution in [3.8, 4) is 0 Å². The van der Waals surface area contributed by atoms with Gasteiger partial charge in [0.1, 0.15) is 0 Å². The van der Waals surface area contributed by atoms with E-state index in [1.807, 2.05) is 12.1 Å². The average Bonchev–Trinajstić information content (AvgIpc) is 2.73. The van der Waals surface area contributed by atoms with Gasteiger partial charge in [-0.3, -0.25) is 4.79 Å². The molecule has 0 saturated heterocycles. The predicted molar refractivity (Wildman–Crippen MR) is 88.1 cm³/mol. The molecule has 20 heavy (non-hydrogen) atoms. The average molecular weight is 338 g/mol. The zero-order valence-electron chi connectivity index (χ0n) is 12.3.